The summed E-state index contributed by atoms with van der Waals surface area (Å²) in [7, 11) is -4.43. The molecule has 0 saturated heterocycles. The number of rotatable bonds is 11. The van der Waals surface area contributed by atoms with Crippen molar-refractivity contribution in [3.63, 3.8) is 0 Å². The maximum atomic E-state index is 14.4. The zero-order valence-corrected chi connectivity index (χ0v) is 27.8. The fourth-order valence-corrected chi connectivity index (χ4v) is 6.89. The number of aromatic amines is 1. The number of carbonyl (C=O) groups excluding carboxylic acids is 2. The SMILES string of the molecule is CCCCCc1ccc(Oc2cc(Nc3ccc(S(=O)(=O)O)cc3)c3c4c(c(C(=O)c5ccccc5)c(=O)[nH]c24)-c2ccccc2C3=O)cc1. The highest BCUT2D eigenvalue weighted by Gasteiger charge is 2.34. The number of fused-ring (bicyclic) bond motifs is 2. The Morgan fingerprint density at radius 1 is 0.820 bits per heavy atom. The zero-order chi connectivity index (χ0) is 35.0. The number of carbonyl (C=O) groups is 2. The first-order valence-electron chi connectivity index (χ1n) is 16.3. The molecular weight excluding hydrogens is 653 g/mol. The van der Waals surface area contributed by atoms with Crippen LogP contribution < -0.4 is 15.6 Å². The summed E-state index contributed by atoms with van der Waals surface area (Å²) in [6.07, 6.45) is 4.27. The van der Waals surface area contributed by atoms with Crippen LogP contribution in [0, 0.1) is 0 Å². The maximum absolute atomic E-state index is 14.4. The van der Waals surface area contributed by atoms with Gasteiger partial charge in [0, 0.05) is 33.8 Å². The molecule has 0 aliphatic heterocycles. The largest absolute Gasteiger partial charge is 0.455 e. The Hall–Kier alpha value is -5.84. The second-order valence-corrected chi connectivity index (χ2v) is 13.6. The molecule has 0 spiro atoms. The van der Waals surface area contributed by atoms with Gasteiger partial charge in [-0.1, -0.05) is 86.5 Å². The number of nitrogens with one attached hydrogen (secondary N) is 2. The third-order valence-electron chi connectivity index (χ3n) is 8.84. The summed E-state index contributed by atoms with van der Waals surface area (Å²) >= 11 is 0. The van der Waals surface area contributed by atoms with E-state index in [1.54, 1.807) is 60.7 Å². The first-order chi connectivity index (χ1) is 24.1. The van der Waals surface area contributed by atoms with Crippen LogP contribution in [-0.4, -0.2) is 29.5 Å². The second-order valence-electron chi connectivity index (χ2n) is 12.1. The quantitative estimate of drug-likeness (QED) is 0.0700. The molecule has 0 saturated carbocycles. The molecule has 50 heavy (non-hydrogen) atoms. The summed E-state index contributed by atoms with van der Waals surface area (Å²) in [5.74, 6) is -0.122. The van der Waals surface area contributed by atoms with Crippen molar-refractivity contribution in [2.24, 2.45) is 0 Å². The Bertz CT molecular complexity index is 2450. The number of benzene rings is 5. The van der Waals surface area contributed by atoms with Crippen LogP contribution in [0.3, 0.4) is 0 Å². The molecule has 3 N–H and O–H groups in total. The van der Waals surface area contributed by atoms with Crippen LogP contribution in [0.4, 0.5) is 11.4 Å². The highest BCUT2D eigenvalue weighted by atomic mass is 32.2. The molecule has 0 radical (unpaired) electrons. The molecule has 0 amide bonds. The molecule has 0 unspecified atom stereocenters. The van der Waals surface area contributed by atoms with Gasteiger partial charge in [-0.15, -0.1) is 0 Å². The van der Waals surface area contributed by atoms with Crippen molar-refractivity contribution < 1.29 is 27.3 Å². The molecule has 10 heteroatoms. The standard InChI is InChI=1S/C40H32N2O7S/c1-2-3-5-10-24-15-19-27(20-16-24)49-32-23-31(41-26-17-21-28(22-18-26)50(46,47)48)34-35-33(29-13-8-9-14-30(29)39(34)44)36(40(45)42-37(32)35)38(43)25-11-6-4-7-12-25/h4,6-9,11-23,41H,2-3,5,10H2,1H3,(H,42,45)(H,46,47,48). The van der Waals surface area contributed by atoms with E-state index in [2.05, 4.69) is 17.2 Å². The van der Waals surface area contributed by atoms with Crippen molar-refractivity contribution in [3.05, 3.63) is 147 Å². The fourth-order valence-electron chi connectivity index (χ4n) is 6.41. The molecule has 0 atom stereocenters. The fraction of sp³-hybridized carbons (Fsp3) is 0.125. The summed E-state index contributed by atoms with van der Waals surface area (Å²) in [6.45, 7) is 2.16. The molecule has 1 aliphatic carbocycles. The number of aryl methyl sites for hydroxylation is 1. The van der Waals surface area contributed by atoms with Crippen LogP contribution in [0.15, 0.2) is 119 Å². The van der Waals surface area contributed by atoms with E-state index in [1.807, 2.05) is 24.3 Å². The first kappa shape index (κ1) is 32.7. The summed E-state index contributed by atoms with van der Waals surface area (Å²) < 4.78 is 39.3. The number of aromatic nitrogens is 1. The van der Waals surface area contributed by atoms with Gasteiger partial charge < -0.3 is 15.0 Å². The van der Waals surface area contributed by atoms with Gasteiger partial charge >= 0.3 is 0 Å². The van der Waals surface area contributed by atoms with E-state index >= 15 is 0 Å². The Morgan fingerprint density at radius 3 is 2.18 bits per heavy atom. The normalized spacial score (nSPS) is 12.1. The van der Waals surface area contributed by atoms with Crippen LogP contribution in [-0.2, 0) is 16.5 Å². The van der Waals surface area contributed by atoms with Crippen molar-refractivity contribution in [1.82, 2.24) is 4.98 Å². The lowest BCUT2D eigenvalue weighted by Crippen LogP contribution is -2.24. The van der Waals surface area contributed by atoms with Crippen LogP contribution in [0.5, 0.6) is 11.5 Å². The number of ketones is 2. The van der Waals surface area contributed by atoms with E-state index in [4.69, 9.17) is 4.74 Å². The molecule has 6 aromatic rings. The van der Waals surface area contributed by atoms with Gasteiger partial charge in [0.1, 0.15) is 5.75 Å². The van der Waals surface area contributed by atoms with E-state index < -0.39 is 21.5 Å². The molecule has 9 nitrogen and oxygen atoms in total. The summed E-state index contributed by atoms with van der Waals surface area (Å²) in [6, 6.07) is 30.0. The Kier molecular flexibility index (Phi) is 8.65. The van der Waals surface area contributed by atoms with E-state index in [0.29, 0.717) is 44.8 Å². The maximum Gasteiger partial charge on any atom is 0.294 e. The van der Waals surface area contributed by atoms with Gasteiger partial charge in [0.15, 0.2) is 17.3 Å². The van der Waals surface area contributed by atoms with Crippen molar-refractivity contribution in [2.75, 3.05) is 5.32 Å². The molecule has 1 heterocycles. The molecule has 0 fully saturated rings. The molecule has 250 valence electrons. The van der Waals surface area contributed by atoms with Gasteiger partial charge in [-0.3, -0.25) is 18.9 Å². The Morgan fingerprint density at radius 2 is 1.50 bits per heavy atom. The number of anilines is 2. The summed E-state index contributed by atoms with van der Waals surface area (Å²) in [5, 5.41) is 3.55. The molecule has 1 aromatic heterocycles. The highest BCUT2D eigenvalue weighted by Crippen LogP contribution is 2.47. The average molecular weight is 685 g/mol. The highest BCUT2D eigenvalue weighted by molar-refractivity contribution is 7.85. The van der Waals surface area contributed by atoms with Gasteiger partial charge in [0.05, 0.1) is 27.2 Å². The van der Waals surface area contributed by atoms with E-state index in [0.717, 1.165) is 31.2 Å². The molecule has 0 bridgehead atoms. The van der Waals surface area contributed by atoms with Crippen molar-refractivity contribution >= 4 is 44.0 Å². The Labute approximate surface area is 288 Å². The lowest BCUT2D eigenvalue weighted by molar-refractivity contribution is 0.102. The minimum absolute atomic E-state index is 0.109. The first-order valence-corrected chi connectivity index (χ1v) is 17.7. The van der Waals surface area contributed by atoms with Crippen LogP contribution in [0.2, 0.25) is 0 Å². The number of ether oxygens (including phenoxy) is 1. The third kappa shape index (κ3) is 6.11. The lowest BCUT2D eigenvalue weighted by Gasteiger charge is -2.25. The van der Waals surface area contributed by atoms with E-state index in [9.17, 15) is 27.4 Å². The van der Waals surface area contributed by atoms with Gasteiger partial charge in [-0.05, 0) is 60.4 Å². The number of hydrogen-bond acceptors (Lipinski definition) is 7. The van der Waals surface area contributed by atoms with Gasteiger partial charge in [-0.25, -0.2) is 0 Å². The topological polar surface area (TPSA) is 143 Å². The van der Waals surface area contributed by atoms with Crippen molar-refractivity contribution in [2.45, 2.75) is 37.5 Å². The summed E-state index contributed by atoms with van der Waals surface area (Å²) in [5.41, 5.74) is 2.95. The molecule has 1 aliphatic rings. The third-order valence-corrected chi connectivity index (χ3v) is 9.71. The Balaban J connectivity index is 1.47. The van der Waals surface area contributed by atoms with Crippen molar-refractivity contribution in [3.8, 4) is 22.6 Å². The van der Waals surface area contributed by atoms with Gasteiger partial charge in [0.2, 0.25) is 0 Å². The minimum atomic E-state index is -4.43. The van der Waals surface area contributed by atoms with Crippen molar-refractivity contribution in [1.29, 1.82) is 0 Å². The number of unbranched alkanes of at least 4 members (excludes halogenated alkanes) is 2. The lowest BCUT2D eigenvalue weighted by atomic mass is 9.80. The van der Waals surface area contributed by atoms with Crippen LogP contribution in [0.1, 0.15) is 63.6 Å². The zero-order valence-electron chi connectivity index (χ0n) is 27.0. The predicted molar refractivity (Wildman–Crippen MR) is 193 cm³/mol. The van der Waals surface area contributed by atoms with E-state index in [1.165, 1.54) is 24.3 Å². The number of pyridine rings is 1. The molecule has 5 aromatic carbocycles. The number of H-pyrrole nitrogens is 1. The van der Waals surface area contributed by atoms with Crippen LogP contribution in [0.25, 0.3) is 22.0 Å². The second kappa shape index (κ2) is 13.2. The predicted octanol–water partition coefficient (Wildman–Crippen LogP) is 8.49. The van der Waals surface area contributed by atoms with Gasteiger partial charge in [0.25, 0.3) is 15.7 Å². The molecular formula is C40H32N2O7S. The van der Waals surface area contributed by atoms with E-state index in [-0.39, 0.29) is 33.1 Å². The van der Waals surface area contributed by atoms with Gasteiger partial charge in [-0.2, -0.15) is 8.42 Å². The average Bonchev–Trinajstić information content (AvgIpc) is 3.12. The minimum Gasteiger partial charge on any atom is -0.455 e. The smallest absolute Gasteiger partial charge is 0.294 e. The number of hydrogen-bond donors (Lipinski definition) is 3. The summed E-state index contributed by atoms with van der Waals surface area (Å²) in [4.78, 5) is 45.1. The van der Waals surface area contributed by atoms with Crippen LogP contribution >= 0.6 is 0 Å². The monoisotopic (exact) mass is 684 g/mol. The molecule has 7 rings (SSSR count).